The number of anilines is 1. The van der Waals surface area contributed by atoms with Crippen molar-refractivity contribution in [1.82, 2.24) is 24.7 Å². The zero-order valence-corrected chi connectivity index (χ0v) is 25.8. The summed E-state index contributed by atoms with van der Waals surface area (Å²) in [4.78, 5) is 46.6. The molecule has 3 aromatic rings. The van der Waals surface area contributed by atoms with E-state index in [0.29, 0.717) is 63.5 Å². The van der Waals surface area contributed by atoms with Crippen molar-refractivity contribution in [2.75, 3.05) is 51.2 Å². The van der Waals surface area contributed by atoms with Crippen LogP contribution in [0, 0.1) is 17.1 Å². The second kappa shape index (κ2) is 13.4. The molecule has 2 aliphatic rings. The molecule has 3 heterocycles. The van der Waals surface area contributed by atoms with Crippen molar-refractivity contribution in [3.05, 3.63) is 63.8 Å². The van der Waals surface area contributed by atoms with E-state index in [9.17, 15) is 23.9 Å². The first-order valence-corrected chi connectivity index (χ1v) is 14.9. The topological polar surface area (TPSA) is 153 Å². The summed E-state index contributed by atoms with van der Waals surface area (Å²) < 4.78 is 21.2. The summed E-state index contributed by atoms with van der Waals surface area (Å²) in [5.41, 5.74) is -0.181. The number of aromatic nitrogens is 2. The molecule has 0 unspecified atom stereocenters. The molecular formula is C30H30Cl2FN7O5. The number of hydrogen-bond donors (Lipinski definition) is 3. The number of hydrogen-bond acceptors (Lipinski definition) is 8. The maximum atomic E-state index is 14.7. The lowest BCUT2D eigenvalue weighted by Crippen LogP contribution is -2.59. The molecule has 0 radical (unpaired) electrons. The summed E-state index contributed by atoms with van der Waals surface area (Å²) in [6, 6.07) is 9.10. The predicted octanol–water partition coefficient (Wildman–Crippen LogP) is 3.09. The lowest BCUT2D eigenvalue weighted by atomic mass is 9.90. The second-order valence-corrected chi connectivity index (χ2v) is 11.5. The Kier molecular flexibility index (Phi) is 9.59. The van der Waals surface area contributed by atoms with Gasteiger partial charge < -0.3 is 34.8 Å². The zero-order valence-electron chi connectivity index (χ0n) is 24.3. The molecule has 0 atom stereocenters. The van der Waals surface area contributed by atoms with Gasteiger partial charge in [0.15, 0.2) is 24.0 Å². The predicted molar refractivity (Wildman–Crippen MR) is 164 cm³/mol. The van der Waals surface area contributed by atoms with Crippen molar-refractivity contribution in [2.24, 2.45) is 7.05 Å². The van der Waals surface area contributed by atoms with Gasteiger partial charge in [0.05, 0.1) is 27.5 Å². The Hall–Kier alpha value is -4.22. The van der Waals surface area contributed by atoms with Gasteiger partial charge in [-0.2, -0.15) is 5.26 Å². The van der Waals surface area contributed by atoms with Crippen molar-refractivity contribution in [3.8, 4) is 23.1 Å². The van der Waals surface area contributed by atoms with Crippen LogP contribution >= 0.6 is 23.2 Å². The van der Waals surface area contributed by atoms with E-state index in [1.165, 1.54) is 35.0 Å². The van der Waals surface area contributed by atoms with Crippen LogP contribution in [0.2, 0.25) is 10.0 Å². The number of benzene rings is 2. The SMILES string of the molecule is Cn1c(-c2ccc(OCC#N)c(F)c2Cl)cnc1C(=O)Nc1ccc(C(=O)N2CCN(C(=O)C3(O)CCNCC3)CC2)c(Cl)c1. The Bertz CT molecular complexity index is 1680. The molecule has 2 saturated heterocycles. The minimum Gasteiger partial charge on any atom is -0.476 e. The molecule has 236 valence electrons. The first kappa shape index (κ1) is 32.2. The molecule has 0 bridgehead atoms. The second-order valence-electron chi connectivity index (χ2n) is 10.7. The average Bonchev–Trinajstić information content (AvgIpc) is 3.42. The monoisotopic (exact) mass is 657 g/mol. The largest absolute Gasteiger partial charge is 0.476 e. The summed E-state index contributed by atoms with van der Waals surface area (Å²) >= 11 is 12.7. The molecule has 12 nitrogen and oxygen atoms in total. The fourth-order valence-electron chi connectivity index (χ4n) is 5.41. The summed E-state index contributed by atoms with van der Waals surface area (Å²) in [5.74, 6) is -2.21. The molecule has 5 rings (SSSR count). The molecule has 3 N–H and O–H groups in total. The molecule has 0 saturated carbocycles. The summed E-state index contributed by atoms with van der Waals surface area (Å²) in [6.07, 6.45) is 2.08. The van der Waals surface area contributed by atoms with E-state index in [1.54, 1.807) is 29.0 Å². The van der Waals surface area contributed by atoms with E-state index in [0.717, 1.165) is 0 Å². The fourth-order valence-corrected chi connectivity index (χ4v) is 5.92. The van der Waals surface area contributed by atoms with E-state index >= 15 is 0 Å². The van der Waals surface area contributed by atoms with E-state index < -0.39 is 17.3 Å². The van der Waals surface area contributed by atoms with Crippen LogP contribution in [0.1, 0.15) is 33.8 Å². The first-order valence-electron chi connectivity index (χ1n) is 14.2. The normalized spacial score (nSPS) is 16.2. The lowest BCUT2D eigenvalue weighted by Gasteiger charge is -2.40. The number of aliphatic hydroxyl groups is 1. The van der Waals surface area contributed by atoms with Gasteiger partial charge >= 0.3 is 0 Å². The fraction of sp³-hybridized carbons (Fsp3) is 0.367. The smallest absolute Gasteiger partial charge is 0.291 e. The summed E-state index contributed by atoms with van der Waals surface area (Å²) in [7, 11) is 1.57. The molecule has 1 aromatic heterocycles. The summed E-state index contributed by atoms with van der Waals surface area (Å²) in [6.45, 7) is 1.99. The van der Waals surface area contributed by atoms with Gasteiger partial charge in [-0.05, 0) is 56.3 Å². The van der Waals surface area contributed by atoms with Gasteiger partial charge in [-0.3, -0.25) is 14.4 Å². The van der Waals surface area contributed by atoms with E-state index in [2.05, 4.69) is 15.6 Å². The first-order chi connectivity index (χ1) is 21.5. The minimum absolute atomic E-state index is 0.00382. The van der Waals surface area contributed by atoms with Crippen molar-refractivity contribution in [1.29, 1.82) is 5.26 Å². The number of nitrogens with one attached hydrogen (secondary N) is 2. The number of piperidine rings is 1. The number of rotatable bonds is 7. The third-order valence-electron chi connectivity index (χ3n) is 7.95. The number of nitrogens with zero attached hydrogens (tertiary/aromatic N) is 5. The van der Waals surface area contributed by atoms with Crippen LogP contribution in [0.5, 0.6) is 5.75 Å². The van der Waals surface area contributed by atoms with E-state index in [1.807, 2.05) is 0 Å². The molecule has 2 aliphatic heterocycles. The standard InChI is InChI=1S/C30H30Cl2FN7O5/c1-38-22(20-4-5-23(45-15-8-34)25(33)24(20)32)17-36-26(38)27(41)37-18-2-3-19(21(31)16-18)28(42)39-11-13-40(14-12-39)29(43)30(44)6-9-35-10-7-30/h2-5,16-17,35,44H,6-7,9-15H2,1H3,(H,37,41). The molecular weight excluding hydrogens is 628 g/mol. The van der Waals surface area contributed by atoms with Crippen molar-refractivity contribution in [2.45, 2.75) is 18.4 Å². The molecule has 15 heteroatoms. The molecule has 45 heavy (non-hydrogen) atoms. The van der Waals surface area contributed by atoms with Crippen molar-refractivity contribution < 1.29 is 28.6 Å². The van der Waals surface area contributed by atoms with Crippen LogP contribution in [0.3, 0.4) is 0 Å². The molecule has 3 amide bonds. The van der Waals surface area contributed by atoms with Crippen molar-refractivity contribution in [3.63, 3.8) is 0 Å². The Morgan fingerprint density at radius 2 is 1.82 bits per heavy atom. The van der Waals surface area contributed by atoms with Crippen LogP contribution in [0.25, 0.3) is 11.3 Å². The van der Waals surface area contributed by atoms with Gasteiger partial charge in [0.2, 0.25) is 0 Å². The Balaban J connectivity index is 1.22. The molecule has 2 fully saturated rings. The minimum atomic E-state index is -1.37. The molecule has 2 aromatic carbocycles. The Morgan fingerprint density at radius 3 is 2.49 bits per heavy atom. The van der Waals surface area contributed by atoms with Crippen LogP contribution < -0.4 is 15.4 Å². The molecule has 0 aliphatic carbocycles. The highest BCUT2D eigenvalue weighted by Crippen LogP contribution is 2.35. The van der Waals surface area contributed by atoms with Crippen LogP contribution in [0.15, 0.2) is 36.5 Å². The third kappa shape index (κ3) is 6.60. The van der Waals surface area contributed by atoms with Gasteiger partial charge in [-0.15, -0.1) is 0 Å². The van der Waals surface area contributed by atoms with E-state index in [4.69, 9.17) is 33.2 Å². The van der Waals surface area contributed by atoms with Crippen LogP contribution in [-0.2, 0) is 11.8 Å². The Labute approximate surface area is 268 Å². The van der Waals surface area contributed by atoms with Gasteiger partial charge in [0.1, 0.15) is 11.7 Å². The number of halogens is 3. The zero-order chi connectivity index (χ0) is 32.3. The van der Waals surface area contributed by atoms with E-state index in [-0.39, 0.29) is 51.2 Å². The van der Waals surface area contributed by atoms with Crippen LogP contribution in [0.4, 0.5) is 10.1 Å². The third-order valence-corrected chi connectivity index (χ3v) is 8.63. The number of carbonyl (C=O) groups excluding carboxylic acids is 3. The number of nitriles is 1. The quantitative estimate of drug-likeness (QED) is 0.350. The number of ether oxygens (including phenoxy) is 1. The highest BCUT2D eigenvalue weighted by Gasteiger charge is 2.41. The maximum absolute atomic E-state index is 14.7. The lowest BCUT2D eigenvalue weighted by molar-refractivity contribution is -0.155. The number of amides is 3. The van der Waals surface area contributed by atoms with Crippen LogP contribution in [-0.4, -0.2) is 93.7 Å². The Morgan fingerprint density at radius 1 is 1.13 bits per heavy atom. The van der Waals surface area contributed by atoms with Gasteiger partial charge in [-0.25, -0.2) is 9.37 Å². The average molecular weight is 659 g/mol. The van der Waals surface area contributed by atoms with Gasteiger partial charge in [-0.1, -0.05) is 23.2 Å². The number of piperazine rings is 1. The van der Waals surface area contributed by atoms with Crippen molar-refractivity contribution >= 4 is 46.6 Å². The molecule has 0 spiro atoms. The van der Waals surface area contributed by atoms with Gasteiger partial charge in [0.25, 0.3) is 17.7 Å². The number of carbonyl (C=O) groups is 3. The maximum Gasteiger partial charge on any atom is 0.291 e. The number of imidazole rings is 1. The highest BCUT2D eigenvalue weighted by molar-refractivity contribution is 6.34. The highest BCUT2D eigenvalue weighted by atomic mass is 35.5. The van der Waals surface area contributed by atoms with Gasteiger partial charge in [0, 0.05) is 44.5 Å². The summed E-state index contributed by atoms with van der Waals surface area (Å²) in [5, 5.41) is 25.1.